The number of rotatable bonds is 7. The summed E-state index contributed by atoms with van der Waals surface area (Å²) in [5.41, 5.74) is 0.853. The molecule has 2 amide bonds. The zero-order valence-corrected chi connectivity index (χ0v) is 14.5. The largest absolute Gasteiger partial charge is 0.497 e. The lowest BCUT2D eigenvalue weighted by atomic mass is 10.1. The zero-order valence-electron chi connectivity index (χ0n) is 14.5. The highest BCUT2D eigenvalue weighted by atomic mass is 16.5. The van der Waals surface area contributed by atoms with Gasteiger partial charge in [-0.15, -0.1) is 0 Å². The van der Waals surface area contributed by atoms with E-state index in [1.165, 1.54) is 0 Å². The lowest BCUT2D eigenvalue weighted by Crippen LogP contribution is -2.31. The molecular weight excluding hydrogens is 320 g/mol. The van der Waals surface area contributed by atoms with Crippen molar-refractivity contribution in [3.63, 3.8) is 0 Å². The second-order valence-electron chi connectivity index (χ2n) is 5.69. The first-order valence-corrected chi connectivity index (χ1v) is 7.96. The van der Waals surface area contributed by atoms with Crippen LogP contribution in [0.2, 0.25) is 0 Å². The average Bonchev–Trinajstić information content (AvgIpc) is 2.60. The number of amides is 2. The van der Waals surface area contributed by atoms with Crippen molar-refractivity contribution in [2.75, 3.05) is 19.0 Å². The summed E-state index contributed by atoms with van der Waals surface area (Å²) in [6.45, 7) is 3.58. The van der Waals surface area contributed by atoms with Gasteiger partial charge in [-0.05, 0) is 38.1 Å². The van der Waals surface area contributed by atoms with Gasteiger partial charge < -0.3 is 20.1 Å². The summed E-state index contributed by atoms with van der Waals surface area (Å²) in [5, 5.41) is 5.52. The van der Waals surface area contributed by atoms with Crippen LogP contribution in [-0.2, 0) is 4.79 Å². The molecule has 0 saturated heterocycles. The van der Waals surface area contributed by atoms with Gasteiger partial charge in [0, 0.05) is 12.1 Å². The lowest BCUT2D eigenvalue weighted by molar-refractivity contribution is -0.118. The Labute approximate surface area is 147 Å². The number of carbonyl (C=O) groups excluding carboxylic acids is 2. The monoisotopic (exact) mass is 342 g/mol. The molecule has 132 valence electrons. The van der Waals surface area contributed by atoms with Crippen LogP contribution < -0.4 is 20.1 Å². The van der Waals surface area contributed by atoms with Gasteiger partial charge in [0.05, 0.1) is 18.4 Å². The highest BCUT2D eigenvalue weighted by Gasteiger charge is 2.14. The molecule has 6 nitrogen and oxygen atoms in total. The molecule has 2 aromatic carbocycles. The fraction of sp³-hybridized carbons (Fsp3) is 0.263. The molecular formula is C19H22N2O4. The third-order valence-electron chi connectivity index (χ3n) is 3.28. The predicted octanol–water partition coefficient (Wildman–Crippen LogP) is 2.85. The van der Waals surface area contributed by atoms with Crippen molar-refractivity contribution in [3.8, 4) is 11.5 Å². The van der Waals surface area contributed by atoms with Crippen LogP contribution in [0.15, 0.2) is 48.5 Å². The second kappa shape index (κ2) is 8.73. The third-order valence-corrected chi connectivity index (χ3v) is 3.28. The first kappa shape index (κ1) is 18.3. The number of benzene rings is 2. The van der Waals surface area contributed by atoms with Crippen LogP contribution >= 0.6 is 0 Å². The minimum absolute atomic E-state index is 0.00709. The van der Waals surface area contributed by atoms with Crippen LogP contribution in [-0.4, -0.2) is 31.6 Å². The maximum atomic E-state index is 12.2. The van der Waals surface area contributed by atoms with Crippen LogP contribution in [0.1, 0.15) is 24.2 Å². The fourth-order valence-electron chi connectivity index (χ4n) is 2.16. The molecule has 0 bridgehead atoms. The molecule has 0 aliphatic rings. The fourth-order valence-corrected chi connectivity index (χ4v) is 2.16. The molecule has 0 unspecified atom stereocenters. The van der Waals surface area contributed by atoms with Gasteiger partial charge in [0.15, 0.2) is 6.61 Å². The van der Waals surface area contributed by atoms with Gasteiger partial charge in [0.25, 0.3) is 11.8 Å². The van der Waals surface area contributed by atoms with E-state index in [9.17, 15) is 9.59 Å². The Kier molecular flexibility index (Phi) is 6.39. The molecule has 0 fully saturated rings. The number of carbonyl (C=O) groups is 2. The van der Waals surface area contributed by atoms with E-state index in [-0.39, 0.29) is 24.5 Å². The topological polar surface area (TPSA) is 76.7 Å². The Balaban J connectivity index is 1.99. The van der Waals surface area contributed by atoms with Gasteiger partial charge in [-0.25, -0.2) is 0 Å². The summed E-state index contributed by atoms with van der Waals surface area (Å²) in [6.07, 6.45) is 0. The summed E-state index contributed by atoms with van der Waals surface area (Å²) in [5.74, 6) is 0.584. The molecule has 2 aromatic rings. The molecule has 0 radical (unpaired) electrons. The zero-order chi connectivity index (χ0) is 18.2. The molecule has 2 N–H and O–H groups in total. The Morgan fingerprint density at radius 3 is 2.48 bits per heavy atom. The van der Waals surface area contributed by atoms with E-state index in [0.717, 1.165) is 0 Å². The number of hydrogen-bond acceptors (Lipinski definition) is 4. The quantitative estimate of drug-likeness (QED) is 0.811. The molecule has 0 aliphatic heterocycles. The van der Waals surface area contributed by atoms with Crippen LogP contribution in [0.5, 0.6) is 11.5 Å². The van der Waals surface area contributed by atoms with Crippen molar-refractivity contribution < 1.29 is 19.1 Å². The number of nitrogens with one attached hydrogen (secondary N) is 2. The maximum Gasteiger partial charge on any atom is 0.262 e. The van der Waals surface area contributed by atoms with Gasteiger partial charge in [-0.2, -0.15) is 0 Å². The standard InChI is InChI=1S/C19H22N2O4/c1-13(2)20-19(23)16-9-4-5-10-17(16)21-18(22)12-25-15-8-6-7-14(11-15)24-3/h4-11,13H,12H2,1-3H3,(H,20,23)(H,21,22). The average molecular weight is 342 g/mol. The normalized spacial score (nSPS) is 10.2. The third kappa shape index (κ3) is 5.53. The molecule has 0 aliphatic carbocycles. The number of hydrogen-bond donors (Lipinski definition) is 2. The number of methoxy groups -OCH3 is 1. The lowest BCUT2D eigenvalue weighted by Gasteiger charge is -2.13. The van der Waals surface area contributed by atoms with E-state index in [1.54, 1.807) is 55.6 Å². The highest BCUT2D eigenvalue weighted by molar-refractivity contribution is 6.04. The van der Waals surface area contributed by atoms with E-state index >= 15 is 0 Å². The summed E-state index contributed by atoms with van der Waals surface area (Å²) >= 11 is 0. The molecule has 0 aromatic heterocycles. The van der Waals surface area contributed by atoms with Gasteiger partial charge in [0.2, 0.25) is 0 Å². The molecule has 0 heterocycles. The van der Waals surface area contributed by atoms with E-state index in [4.69, 9.17) is 9.47 Å². The number of anilines is 1. The molecule has 0 atom stereocenters. The minimum Gasteiger partial charge on any atom is -0.497 e. The smallest absolute Gasteiger partial charge is 0.262 e. The van der Waals surface area contributed by atoms with Crippen molar-refractivity contribution in [2.45, 2.75) is 19.9 Å². The molecule has 0 saturated carbocycles. The summed E-state index contributed by atoms with van der Waals surface area (Å²) in [7, 11) is 1.56. The van der Waals surface area contributed by atoms with Crippen LogP contribution in [0.4, 0.5) is 5.69 Å². The van der Waals surface area contributed by atoms with Crippen molar-refractivity contribution in [3.05, 3.63) is 54.1 Å². The van der Waals surface area contributed by atoms with Crippen molar-refractivity contribution in [2.24, 2.45) is 0 Å². The predicted molar refractivity (Wildman–Crippen MR) is 96.2 cm³/mol. The van der Waals surface area contributed by atoms with Gasteiger partial charge >= 0.3 is 0 Å². The first-order chi connectivity index (χ1) is 12.0. The molecule has 25 heavy (non-hydrogen) atoms. The maximum absolute atomic E-state index is 12.2. The van der Waals surface area contributed by atoms with Crippen molar-refractivity contribution in [1.82, 2.24) is 5.32 Å². The first-order valence-electron chi connectivity index (χ1n) is 7.96. The molecule has 0 spiro atoms. The summed E-state index contributed by atoms with van der Waals surface area (Å²) < 4.78 is 10.6. The van der Waals surface area contributed by atoms with Gasteiger partial charge in [-0.1, -0.05) is 18.2 Å². The Bertz CT molecular complexity index is 744. The Hall–Kier alpha value is -3.02. The molecule has 2 rings (SSSR count). The summed E-state index contributed by atoms with van der Waals surface area (Å²) in [4.78, 5) is 24.3. The highest BCUT2D eigenvalue weighted by Crippen LogP contribution is 2.19. The van der Waals surface area contributed by atoms with E-state index in [0.29, 0.717) is 22.7 Å². The van der Waals surface area contributed by atoms with Crippen molar-refractivity contribution >= 4 is 17.5 Å². The van der Waals surface area contributed by atoms with Crippen LogP contribution in [0.25, 0.3) is 0 Å². The number of ether oxygens (including phenoxy) is 2. The summed E-state index contributed by atoms with van der Waals surface area (Å²) in [6, 6.07) is 13.8. The Morgan fingerprint density at radius 1 is 1.04 bits per heavy atom. The van der Waals surface area contributed by atoms with Gasteiger partial charge in [-0.3, -0.25) is 9.59 Å². The van der Waals surface area contributed by atoms with Crippen molar-refractivity contribution in [1.29, 1.82) is 0 Å². The van der Waals surface area contributed by atoms with E-state index < -0.39 is 0 Å². The minimum atomic E-state index is -0.354. The second-order valence-corrected chi connectivity index (χ2v) is 5.69. The molecule has 6 heteroatoms. The van der Waals surface area contributed by atoms with Crippen LogP contribution in [0.3, 0.4) is 0 Å². The van der Waals surface area contributed by atoms with E-state index in [2.05, 4.69) is 10.6 Å². The number of para-hydroxylation sites is 1. The Morgan fingerprint density at radius 2 is 1.76 bits per heavy atom. The van der Waals surface area contributed by atoms with E-state index in [1.807, 2.05) is 13.8 Å². The van der Waals surface area contributed by atoms with Gasteiger partial charge in [0.1, 0.15) is 11.5 Å². The SMILES string of the molecule is COc1cccc(OCC(=O)Nc2ccccc2C(=O)NC(C)C)c1. The van der Waals surface area contributed by atoms with Crippen LogP contribution in [0, 0.1) is 0 Å².